The number of carbonyl (C=O) groups excluding carboxylic acids is 1. The van der Waals surface area contributed by atoms with E-state index in [1.165, 1.54) is 0 Å². The summed E-state index contributed by atoms with van der Waals surface area (Å²) in [7, 11) is 0. The van der Waals surface area contributed by atoms with Crippen molar-refractivity contribution in [3.05, 3.63) is 42.5 Å². The Morgan fingerprint density at radius 3 is 2.82 bits per heavy atom. The summed E-state index contributed by atoms with van der Waals surface area (Å²) in [6.07, 6.45) is 1.64. The second-order valence-electron chi connectivity index (χ2n) is 6.75. The number of hydrogen-bond donors (Lipinski definition) is 1. The van der Waals surface area contributed by atoms with E-state index in [0.29, 0.717) is 35.5 Å². The molecule has 2 aromatic carbocycles. The number of piperidine rings is 1. The Morgan fingerprint density at radius 2 is 1.96 bits per heavy atom. The number of carbonyl (C=O) groups is 1. The molecule has 2 aliphatic rings. The Morgan fingerprint density at radius 1 is 1.14 bits per heavy atom. The Kier molecular flexibility index (Phi) is 4.40. The lowest BCUT2D eigenvalue weighted by molar-refractivity contribution is 0.115. The van der Waals surface area contributed by atoms with Gasteiger partial charge in [-0.1, -0.05) is 23.5 Å². The van der Waals surface area contributed by atoms with Gasteiger partial charge in [-0.25, -0.2) is 9.78 Å². The van der Waals surface area contributed by atoms with E-state index in [-0.39, 0.29) is 18.9 Å². The van der Waals surface area contributed by atoms with Gasteiger partial charge < -0.3 is 24.4 Å². The van der Waals surface area contributed by atoms with Crippen LogP contribution in [0.5, 0.6) is 16.7 Å². The highest BCUT2D eigenvalue weighted by atomic mass is 32.1. The molecule has 0 aliphatic carbocycles. The molecule has 7 nitrogen and oxygen atoms in total. The smallest absolute Gasteiger partial charge is 0.321 e. The number of ether oxygens (including phenoxy) is 3. The van der Waals surface area contributed by atoms with Crippen LogP contribution in [-0.2, 0) is 0 Å². The number of nitrogens with zero attached hydrogens (tertiary/aromatic N) is 2. The fraction of sp³-hybridized carbons (Fsp3) is 0.300. The molecule has 0 spiro atoms. The number of benzene rings is 2. The number of aromatic nitrogens is 1. The Bertz CT molecular complexity index is 981. The minimum atomic E-state index is -0.114. The second kappa shape index (κ2) is 7.20. The first kappa shape index (κ1) is 17.1. The summed E-state index contributed by atoms with van der Waals surface area (Å²) < 4.78 is 17.8. The third-order valence-corrected chi connectivity index (χ3v) is 5.82. The van der Waals surface area contributed by atoms with Crippen LogP contribution in [0.25, 0.3) is 10.2 Å². The predicted octanol–water partition coefficient (Wildman–Crippen LogP) is 4.10. The van der Waals surface area contributed by atoms with Crippen molar-refractivity contribution in [3.63, 3.8) is 0 Å². The van der Waals surface area contributed by atoms with Gasteiger partial charge in [-0.05, 0) is 24.3 Å². The highest BCUT2D eigenvalue weighted by Crippen LogP contribution is 2.34. The summed E-state index contributed by atoms with van der Waals surface area (Å²) in [6, 6.07) is 13.3. The van der Waals surface area contributed by atoms with Crippen molar-refractivity contribution < 1.29 is 19.0 Å². The van der Waals surface area contributed by atoms with Gasteiger partial charge in [-0.3, -0.25) is 0 Å². The predicted molar refractivity (Wildman–Crippen MR) is 106 cm³/mol. The first-order valence-electron chi connectivity index (χ1n) is 9.22. The van der Waals surface area contributed by atoms with Gasteiger partial charge in [0.1, 0.15) is 6.10 Å². The van der Waals surface area contributed by atoms with Crippen molar-refractivity contribution in [2.75, 3.05) is 25.2 Å². The molecule has 3 heterocycles. The van der Waals surface area contributed by atoms with E-state index in [1.807, 2.05) is 35.2 Å². The molecule has 1 aromatic heterocycles. The van der Waals surface area contributed by atoms with Crippen molar-refractivity contribution in [1.82, 2.24) is 9.88 Å². The van der Waals surface area contributed by atoms with E-state index in [4.69, 9.17) is 14.2 Å². The molecular formula is C20H19N3O4S. The largest absolute Gasteiger partial charge is 0.467 e. The summed E-state index contributed by atoms with van der Waals surface area (Å²) in [4.78, 5) is 18.9. The number of nitrogens with one attached hydrogen (secondary N) is 1. The van der Waals surface area contributed by atoms with Gasteiger partial charge in [0.15, 0.2) is 11.5 Å². The number of para-hydroxylation sites is 1. The highest BCUT2D eigenvalue weighted by Gasteiger charge is 2.25. The van der Waals surface area contributed by atoms with Crippen molar-refractivity contribution >= 4 is 33.3 Å². The maximum Gasteiger partial charge on any atom is 0.321 e. The number of hydrogen-bond acceptors (Lipinski definition) is 6. The van der Waals surface area contributed by atoms with Crippen LogP contribution in [0.2, 0.25) is 0 Å². The molecule has 1 N–H and O–H groups in total. The van der Waals surface area contributed by atoms with Crippen LogP contribution in [0.4, 0.5) is 10.5 Å². The molecule has 144 valence electrons. The van der Waals surface area contributed by atoms with Gasteiger partial charge in [0, 0.05) is 37.7 Å². The molecule has 1 fully saturated rings. The highest BCUT2D eigenvalue weighted by molar-refractivity contribution is 7.20. The van der Waals surface area contributed by atoms with Crippen LogP contribution < -0.4 is 19.5 Å². The SMILES string of the molecule is O=C(Nc1ccc2c(c1)OCO2)N1CCC(Oc2nc3ccccc3s2)CC1. The molecule has 8 heteroatoms. The summed E-state index contributed by atoms with van der Waals surface area (Å²) in [5.41, 5.74) is 1.66. The van der Waals surface area contributed by atoms with Gasteiger partial charge in [0.05, 0.1) is 10.2 Å². The summed E-state index contributed by atoms with van der Waals surface area (Å²) in [5.74, 6) is 1.35. The summed E-state index contributed by atoms with van der Waals surface area (Å²) in [6.45, 7) is 1.51. The van der Waals surface area contributed by atoms with E-state index < -0.39 is 0 Å². The van der Waals surface area contributed by atoms with Crippen molar-refractivity contribution in [3.8, 4) is 16.7 Å². The zero-order valence-corrected chi connectivity index (χ0v) is 15.9. The quantitative estimate of drug-likeness (QED) is 0.720. The van der Waals surface area contributed by atoms with Crippen LogP contribution in [0.15, 0.2) is 42.5 Å². The molecule has 1 saturated heterocycles. The maximum atomic E-state index is 12.5. The van der Waals surface area contributed by atoms with Gasteiger partial charge in [0.2, 0.25) is 6.79 Å². The molecule has 28 heavy (non-hydrogen) atoms. The van der Waals surface area contributed by atoms with Crippen LogP contribution in [0.3, 0.4) is 0 Å². The Balaban J connectivity index is 1.16. The number of anilines is 1. The van der Waals surface area contributed by atoms with Crippen LogP contribution in [-0.4, -0.2) is 41.9 Å². The van der Waals surface area contributed by atoms with Gasteiger partial charge in [0.25, 0.3) is 5.19 Å². The van der Waals surface area contributed by atoms with Crippen LogP contribution >= 0.6 is 11.3 Å². The van der Waals surface area contributed by atoms with E-state index in [2.05, 4.69) is 10.3 Å². The standard InChI is InChI=1S/C20H19N3O4S/c24-19(21-13-5-6-16-17(11-13)26-12-25-16)23-9-7-14(8-10-23)27-20-22-15-3-1-2-4-18(15)28-20/h1-6,11,14H,7-10,12H2,(H,21,24). The Hall–Kier alpha value is -3.00. The summed E-state index contributed by atoms with van der Waals surface area (Å²) in [5, 5.41) is 3.62. The number of likely N-dealkylation sites (tertiary alicyclic amines) is 1. The molecule has 0 saturated carbocycles. The zero-order valence-electron chi connectivity index (χ0n) is 15.1. The monoisotopic (exact) mass is 397 g/mol. The van der Waals surface area contributed by atoms with Gasteiger partial charge >= 0.3 is 6.03 Å². The zero-order chi connectivity index (χ0) is 18.9. The normalized spacial score (nSPS) is 16.4. The van der Waals surface area contributed by atoms with Crippen LogP contribution in [0.1, 0.15) is 12.8 Å². The first-order valence-corrected chi connectivity index (χ1v) is 10.0. The second-order valence-corrected chi connectivity index (χ2v) is 7.74. The maximum absolute atomic E-state index is 12.5. The van der Waals surface area contributed by atoms with Gasteiger partial charge in [-0.2, -0.15) is 0 Å². The number of thiazole rings is 1. The third-order valence-electron chi connectivity index (χ3n) is 4.89. The van der Waals surface area contributed by atoms with Crippen molar-refractivity contribution in [2.24, 2.45) is 0 Å². The van der Waals surface area contributed by atoms with Crippen molar-refractivity contribution in [1.29, 1.82) is 0 Å². The van der Waals surface area contributed by atoms with Crippen LogP contribution in [0, 0.1) is 0 Å². The molecule has 0 bridgehead atoms. The minimum absolute atomic E-state index is 0.0788. The van der Waals surface area contributed by atoms with Crippen molar-refractivity contribution in [2.45, 2.75) is 18.9 Å². The first-order chi connectivity index (χ1) is 13.7. The topological polar surface area (TPSA) is 72.9 Å². The van der Waals surface area contributed by atoms with E-state index in [9.17, 15) is 4.79 Å². The number of rotatable bonds is 3. The number of fused-ring (bicyclic) bond motifs is 2. The Labute approximate surface area is 165 Å². The lowest BCUT2D eigenvalue weighted by Crippen LogP contribution is -2.43. The average molecular weight is 397 g/mol. The van der Waals surface area contributed by atoms with E-state index in [1.54, 1.807) is 23.5 Å². The van der Waals surface area contributed by atoms with E-state index in [0.717, 1.165) is 23.1 Å². The fourth-order valence-corrected chi connectivity index (χ4v) is 4.28. The lowest BCUT2D eigenvalue weighted by atomic mass is 10.1. The molecule has 5 rings (SSSR count). The van der Waals surface area contributed by atoms with Gasteiger partial charge in [-0.15, -0.1) is 0 Å². The minimum Gasteiger partial charge on any atom is -0.467 e. The van der Waals surface area contributed by atoms with E-state index >= 15 is 0 Å². The summed E-state index contributed by atoms with van der Waals surface area (Å²) >= 11 is 1.56. The molecular weight excluding hydrogens is 378 g/mol. The number of urea groups is 1. The molecule has 0 unspecified atom stereocenters. The number of amides is 2. The fourth-order valence-electron chi connectivity index (χ4n) is 3.40. The average Bonchev–Trinajstić information content (AvgIpc) is 3.34. The third kappa shape index (κ3) is 3.43. The molecule has 0 radical (unpaired) electrons. The molecule has 0 atom stereocenters. The molecule has 2 aliphatic heterocycles. The molecule has 3 aromatic rings. The molecule has 2 amide bonds. The lowest BCUT2D eigenvalue weighted by Gasteiger charge is -2.31.